The minimum atomic E-state index is -1.12. The summed E-state index contributed by atoms with van der Waals surface area (Å²) in [6.45, 7) is 3.68. The molecule has 0 atom stereocenters. The van der Waals surface area contributed by atoms with E-state index in [0.717, 1.165) is 0 Å². The summed E-state index contributed by atoms with van der Waals surface area (Å²) in [5, 5.41) is 10.2. The van der Waals surface area contributed by atoms with Crippen LogP contribution >= 0.6 is 0 Å². The van der Waals surface area contributed by atoms with E-state index >= 15 is 0 Å². The third-order valence-electron chi connectivity index (χ3n) is 2.42. The predicted molar refractivity (Wildman–Crippen MR) is 65.5 cm³/mol. The van der Waals surface area contributed by atoms with Crippen LogP contribution in [0.1, 0.15) is 24.4 Å². The first-order valence-electron chi connectivity index (χ1n) is 5.53. The van der Waals surface area contributed by atoms with Gasteiger partial charge in [0.25, 0.3) is 5.95 Å². The average molecular weight is 250 g/mol. The fourth-order valence-corrected chi connectivity index (χ4v) is 1.68. The van der Waals surface area contributed by atoms with Crippen molar-refractivity contribution in [1.29, 1.82) is 0 Å². The van der Waals surface area contributed by atoms with Crippen molar-refractivity contribution < 1.29 is 23.8 Å². The lowest BCUT2D eigenvalue weighted by atomic mass is 10.1. The van der Waals surface area contributed by atoms with Gasteiger partial charge in [-0.2, -0.15) is 0 Å². The number of furan rings is 1. The highest BCUT2D eigenvalue weighted by Gasteiger charge is 2.20. The Hall–Kier alpha value is -2.17. The van der Waals surface area contributed by atoms with E-state index in [9.17, 15) is 4.79 Å². The Morgan fingerprint density at radius 2 is 2.06 bits per heavy atom. The standard InChI is InChI=1S/C13H14O5/c1-7(2)17-13-10-6-8(16-3)4-5-9(10)11(18-13)12(14)15/h4-7H,1-3H3,(H,14,15). The maximum Gasteiger partial charge on any atom is 0.372 e. The first-order valence-corrected chi connectivity index (χ1v) is 5.53. The number of carboxylic acids is 1. The monoisotopic (exact) mass is 250 g/mol. The molecule has 1 aromatic heterocycles. The van der Waals surface area contributed by atoms with Crippen molar-refractivity contribution in [3.8, 4) is 11.7 Å². The van der Waals surface area contributed by atoms with Crippen molar-refractivity contribution in [3.05, 3.63) is 24.0 Å². The molecule has 0 unspecified atom stereocenters. The normalized spacial score (nSPS) is 10.9. The third-order valence-corrected chi connectivity index (χ3v) is 2.42. The molecular formula is C13H14O5. The van der Waals surface area contributed by atoms with Crippen molar-refractivity contribution in [2.45, 2.75) is 20.0 Å². The lowest BCUT2D eigenvalue weighted by molar-refractivity contribution is 0.0652. The van der Waals surface area contributed by atoms with Crippen LogP contribution in [0.4, 0.5) is 0 Å². The summed E-state index contributed by atoms with van der Waals surface area (Å²) in [5.41, 5.74) is 0. The van der Waals surface area contributed by atoms with Crippen LogP contribution in [-0.2, 0) is 0 Å². The van der Waals surface area contributed by atoms with E-state index in [0.29, 0.717) is 16.5 Å². The van der Waals surface area contributed by atoms with Gasteiger partial charge < -0.3 is 19.0 Å². The molecule has 18 heavy (non-hydrogen) atoms. The summed E-state index contributed by atoms with van der Waals surface area (Å²) in [7, 11) is 1.54. The van der Waals surface area contributed by atoms with E-state index in [1.54, 1.807) is 25.3 Å². The molecule has 0 aliphatic rings. The molecule has 0 saturated carbocycles. The van der Waals surface area contributed by atoms with Crippen molar-refractivity contribution in [1.82, 2.24) is 0 Å². The van der Waals surface area contributed by atoms with Crippen molar-refractivity contribution >= 4 is 16.7 Å². The molecule has 0 saturated heterocycles. The number of hydrogen-bond donors (Lipinski definition) is 1. The van der Waals surface area contributed by atoms with E-state index < -0.39 is 5.97 Å². The topological polar surface area (TPSA) is 68.9 Å². The molecule has 2 aromatic rings. The SMILES string of the molecule is COc1ccc2c(C(=O)O)oc(OC(C)C)c2c1. The van der Waals surface area contributed by atoms with E-state index in [1.165, 1.54) is 0 Å². The molecule has 5 heteroatoms. The number of aromatic carboxylic acids is 1. The van der Waals surface area contributed by atoms with Gasteiger partial charge in [-0.1, -0.05) is 0 Å². The second-order valence-corrected chi connectivity index (χ2v) is 4.10. The second-order valence-electron chi connectivity index (χ2n) is 4.10. The summed E-state index contributed by atoms with van der Waals surface area (Å²) in [6.07, 6.45) is -0.104. The summed E-state index contributed by atoms with van der Waals surface area (Å²) < 4.78 is 15.8. The van der Waals surface area contributed by atoms with E-state index in [2.05, 4.69) is 0 Å². The fourth-order valence-electron chi connectivity index (χ4n) is 1.68. The average Bonchev–Trinajstić information content (AvgIpc) is 2.67. The number of methoxy groups -OCH3 is 1. The van der Waals surface area contributed by atoms with Crippen LogP contribution in [0.2, 0.25) is 0 Å². The highest BCUT2D eigenvalue weighted by Crippen LogP contribution is 2.35. The van der Waals surface area contributed by atoms with Crippen molar-refractivity contribution in [2.24, 2.45) is 0 Å². The van der Waals surface area contributed by atoms with E-state index in [1.807, 2.05) is 13.8 Å². The minimum absolute atomic E-state index is 0.104. The molecule has 0 radical (unpaired) electrons. The molecule has 96 valence electrons. The Labute approximate surface area is 104 Å². The lowest BCUT2D eigenvalue weighted by Gasteiger charge is -2.06. The Kier molecular flexibility index (Phi) is 3.14. The van der Waals surface area contributed by atoms with Gasteiger partial charge in [-0.05, 0) is 32.0 Å². The van der Waals surface area contributed by atoms with Crippen LogP contribution < -0.4 is 9.47 Å². The molecule has 0 spiro atoms. The van der Waals surface area contributed by atoms with Gasteiger partial charge in [0.2, 0.25) is 5.76 Å². The molecule has 0 amide bonds. The summed E-state index contributed by atoms with van der Waals surface area (Å²) in [5.74, 6) is -0.419. The molecule has 2 rings (SSSR count). The zero-order chi connectivity index (χ0) is 13.3. The summed E-state index contributed by atoms with van der Waals surface area (Å²) in [4.78, 5) is 11.1. The Balaban J connectivity index is 2.64. The largest absolute Gasteiger partial charge is 0.497 e. The number of ether oxygens (including phenoxy) is 2. The van der Waals surface area contributed by atoms with Gasteiger partial charge in [0.1, 0.15) is 5.75 Å². The van der Waals surface area contributed by atoms with Gasteiger partial charge in [0, 0.05) is 5.39 Å². The smallest absolute Gasteiger partial charge is 0.372 e. The van der Waals surface area contributed by atoms with E-state index in [-0.39, 0.29) is 17.8 Å². The highest BCUT2D eigenvalue weighted by molar-refractivity contribution is 6.03. The van der Waals surface area contributed by atoms with Gasteiger partial charge in [-0.25, -0.2) is 4.79 Å². The zero-order valence-electron chi connectivity index (χ0n) is 10.4. The third kappa shape index (κ3) is 2.11. The first-order chi connectivity index (χ1) is 8.52. The molecule has 5 nitrogen and oxygen atoms in total. The van der Waals surface area contributed by atoms with Crippen LogP contribution in [0.3, 0.4) is 0 Å². The van der Waals surface area contributed by atoms with Gasteiger partial charge in [0.15, 0.2) is 0 Å². The molecule has 0 aliphatic heterocycles. The number of fused-ring (bicyclic) bond motifs is 1. The van der Waals surface area contributed by atoms with Crippen LogP contribution in [-0.4, -0.2) is 24.3 Å². The molecule has 0 fully saturated rings. The Morgan fingerprint density at radius 3 is 2.61 bits per heavy atom. The van der Waals surface area contributed by atoms with Crippen molar-refractivity contribution in [3.63, 3.8) is 0 Å². The Morgan fingerprint density at radius 1 is 1.33 bits per heavy atom. The minimum Gasteiger partial charge on any atom is -0.497 e. The van der Waals surface area contributed by atoms with Gasteiger partial charge in [-0.3, -0.25) is 0 Å². The maximum atomic E-state index is 11.1. The lowest BCUT2D eigenvalue weighted by Crippen LogP contribution is -2.04. The Bertz CT molecular complexity index is 582. The quantitative estimate of drug-likeness (QED) is 0.903. The summed E-state index contributed by atoms with van der Waals surface area (Å²) >= 11 is 0. The molecule has 1 aromatic carbocycles. The van der Waals surface area contributed by atoms with Crippen LogP contribution in [0.5, 0.6) is 11.7 Å². The molecule has 0 bridgehead atoms. The van der Waals surface area contributed by atoms with Gasteiger partial charge in [0.05, 0.1) is 18.6 Å². The van der Waals surface area contributed by atoms with Gasteiger partial charge >= 0.3 is 5.97 Å². The molecule has 1 heterocycles. The molecule has 1 N–H and O–H groups in total. The highest BCUT2D eigenvalue weighted by atomic mass is 16.6. The first kappa shape index (κ1) is 12.3. The van der Waals surface area contributed by atoms with Crippen LogP contribution in [0.15, 0.2) is 22.6 Å². The number of hydrogen-bond acceptors (Lipinski definition) is 4. The molecule has 0 aliphatic carbocycles. The van der Waals surface area contributed by atoms with Crippen LogP contribution in [0.25, 0.3) is 10.8 Å². The van der Waals surface area contributed by atoms with Crippen molar-refractivity contribution in [2.75, 3.05) is 7.11 Å². The number of benzene rings is 1. The molecular weight excluding hydrogens is 236 g/mol. The maximum absolute atomic E-state index is 11.1. The number of carbonyl (C=O) groups is 1. The second kappa shape index (κ2) is 4.60. The van der Waals surface area contributed by atoms with E-state index in [4.69, 9.17) is 19.0 Å². The predicted octanol–water partition coefficient (Wildman–Crippen LogP) is 2.93. The summed E-state index contributed by atoms with van der Waals surface area (Å²) in [6, 6.07) is 5.03. The van der Waals surface area contributed by atoms with Crippen LogP contribution in [0, 0.1) is 0 Å². The fraction of sp³-hybridized carbons (Fsp3) is 0.308. The number of rotatable bonds is 4. The van der Waals surface area contributed by atoms with Gasteiger partial charge in [-0.15, -0.1) is 0 Å². The number of carboxylic acid groups (broad SMARTS) is 1. The zero-order valence-corrected chi connectivity index (χ0v) is 10.4.